The predicted molar refractivity (Wildman–Crippen MR) is 45.7 cm³/mol. The summed E-state index contributed by atoms with van der Waals surface area (Å²) >= 11 is 0. The lowest BCUT2D eigenvalue weighted by Gasteiger charge is -2.51. The van der Waals surface area contributed by atoms with Crippen LogP contribution < -0.4 is 0 Å². The van der Waals surface area contributed by atoms with Gasteiger partial charge < -0.3 is 0 Å². The first-order chi connectivity index (χ1) is 4.11. The van der Waals surface area contributed by atoms with E-state index in [-0.39, 0.29) is 0 Å². The average Bonchev–Trinajstić information content (AvgIpc) is 1.87. The molecule has 0 aliphatic heterocycles. The molecule has 1 saturated carbocycles. The molecule has 0 heterocycles. The van der Waals surface area contributed by atoms with Crippen LogP contribution in [0.15, 0.2) is 0 Å². The zero-order chi connectivity index (χ0) is 7.07. The molecule has 0 saturated heterocycles. The Hall–Kier alpha value is 0.430. The fraction of sp³-hybridized carbons (Fsp3) is 1.00. The minimum atomic E-state index is 0.644. The average molecular weight is 144 g/mol. The fourth-order valence-corrected chi connectivity index (χ4v) is 2.71. The van der Waals surface area contributed by atoms with Crippen LogP contribution in [-0.2, 0) is 0 Å². The van der Waals surface area contributed by atoms with E-state index in [1.807, 2.05) is 0 Å². The first kappa shape index (κ1) is 7.54. The van der Waals surface area contributed by atoms with Crippen LogP contribution in [0.3, 0.4) is 0 Å². The summed E-state index contributed by atoms with van der Waals surface area (Å²) in [5.41, 5.74) is 1.53. The first-order valence-corrected chi connectivity index (χ1v) is 4.53. The van der Waals surface area contributed by atoms with Gasteiger partial charge in [-0.25, -0.2) is 0 Å². The molecular formula is C8H17P. The van der Waals surface area contributed by atoms with Crippen molar-refractivity contribution in [3.05, 3.63) is 0 Å². The SMILES string of the molecule is CCC1(C)C(C)CC1P. The Morgan fingerprint density at radius 3 is 2.33 bits per heavy atom. The third-order valence-electron chi connectivity index (χ3n) is 3.34. The molecule has 1 heteroatoms. The van der Waals surface area contributed by atoms with Gasteiger partial charge in [0.15, 0.2) is 0 Å². The van der Waals surface area contributed by atoms with E-state index in [0.717, 1.165) is 11.6 Å². The lowest BCUT2D eigenvalue weighted by molar-refractivity contribution is 0.0727. The molecule has 4 unspecified atom stereocenters. The van der Waals surface area contributed by atoms with Crippen LogP contribution in [0.4, 0.5) is 0 Å². The molecule has 0 aromatic carbocycles. The van der Waals surface area contributed by atoms with Gasteiger partial charge in [0.25, 0.3) is 0 Å². The monoisotopic (exact) mass is 144 g/mol. The molecule has 0 aromatic heterocycles. The highest BCUT2D eigenvalue weighted by molar-refractivity contribution is 7.17. The van der Waals surface area contributed by atoms with E-state index in [9.17, 15) is 0 Å². The van der Waals surface area contributed by atoms with E-state index in [0.29, 0.717) is 5.41 Å². The molecule has 9 heavy (non-hydrogen) atoms. The molecule has 0 bridgehead atoms. The van der Waals surface area contributed by atoms with Gasteiger partial charge in [-0.3, -0.25) is 0 Å². The van der Waals surface area contributed by atoms with Gasteiger partial charge >= 0.3 is 0 Å². The molecule has 0 radical (unpaired) electrons. The Morgan fingerprint density at radius 1 is 1.67 bits per heavy atom. The van der Waals surface area contributed by atoms with Crippen LogP contribution in [0.1, 0.15) is 33.6 Å². The summed E-state index contributed by atoms with van der Waals surface area (Å²) in [6.45, 7) is 7.07. The van der Waals surface area contributed by atoms with Gasteiger partial charge in [0.05, 0.1) is 0 Å². The summed E-state index contributed by atoms with van der Waals surface area (Å²) in [5, 5.41) is 0. The Balaban J connectivity index is 2.55. The smallest absolute Gasteiger partial charge is 0.0205 e. The molecule has 1 aliphatic carbocycles. The molecule has 0 aromatic rings. The van der Waals surface area contributed by atoms with Crippen LogP contribution in [0.5, 0.6) is 0 Å². The maximum atomic E-state index is 2.96. The zero-order valence-corrected chi connectivity index (χ0v) is 7.80. The second-order valence-electron chi connectivity index (χ2n) is 3.60. The second-order valence-corrected chi connectivity index (χ2v) is 4.41. The van der Waals surface area contributed by atoms with E-state index >= 15 is 0 Å². The van der Waals surface area contributed by atoms with Gasteiger partial charge in [-0.1, -0.05) is 20.8 Å². The van der Waals surface area contributed by atoms with Crippen molar-refractivity contribution in [3.8, 4) is 0 Å². The molecule has 54 valence electrons. The van der Waals surface area contributed by atoms with E-state index in [2.05, 4.69) is 30.0 Å². The highest BCUT2D eigenvalue weighted by Crippen LogP contribution is 2.52. The van der Waals surface area contributed by atoms with Gasteiger partial charge in [0.1, 0.15) is 0 Å². The highest BCUT2D eigenvalue weighted by Gasteiger charge is 2.44. The molecule has 1 fully saturated rings. The standard InChI is InChI=1S/C8H17P/c1-4-8(3)6(2)5-7(8)9/h6-7H,4-5,9H2,1-3H3. The first-order valence-electron chi connectivity index (χ1n) is 3.87. The van der Waals surface area contributed by atoms with Crippen LogP contribution in [0, 0.1) is 11.3 Å². The Labute approximate surface area is 60.6 Å². The largest absolute Gasteiger partial charge is 0.134 e. The van der Waals surface area contributed by atoms with Crippen molar-refractivity contribution in [2.24, 2.45) is 11.3 Å². The van der Waals surface area contributed by atoms with E-state index < -0.39 is 0 Å². The third-order valence-corrected chi connectivity index (χ3v) is 4.38. The lowest BCUT2D eigenvalue weighted by atomic mass is 9.60. The Morgan fingerprint density at radius 2 is 2.22 bits per heavy atom. The molecule has 4 atom stereocenters. The summed E-state index contributed by atoms with van der Waals surface area (Å²) < 4.78 is 0. The maximum absolute atomic E-state index is 2.96. The van der Waals surface area contributed by atoms with Crippen LogP contribution in [0.2, 0.25) is 0 Å². The van der Waals surface area contributed by atoms with Crippen molar-refractivity contribution in [1.82, 2.24) is 0 Å². The maximum Gasteiger partial charge on any atom is -0.0205 e. The zero-order valence-electron chi connectivity index (χ0n) is 6.65. The van der Waals surface area contributed by atoms with Crippen molar-refractivity contribution in [1.29, 1.82) is 0 Å². The van der Waals surface area contributed by atoms with Gasteiger partial charge in [-0.15, -0.1) is 9.24 Å². The topological polar surface area (TPSA) is 0 Å². The summed E-state index contributed by atoms with van der Waals surface area (Å²) in [7, 11) is 2.96. The van der Waals surface area contributed by atoms with Gasteiger partial charge in [0.2, 0.25) is 0 Å². The molecule has 1 aliphatic rings. The fourth-order valence-electron chi connectivity index (χ4n) is 1.73. The molecular weight excluding hydrogens is 127 g/mol. The number of hydrogen-bond donors (Lipinski definition) is 0. The van der Waals surface area contributed by atoms with E-state index in [4.69, 9.17) is 0 Å². The quantitative estimate of drug-likeness (QED) is 0.496. The Kier molecular flexibility index (Phi) is 1.87. The summed E-state index contributed by atoms with van der Waals surface area (Å²) in [6, 6.07) is 0. The molecule has 0 N–H and O–H groups in total. The van der Waals surface area contributed by atoms with Crippen LogP contribution >= 0.6 is 9.24 Å². The Bertz CT molecular complexity index is 101. The van der Waals surface area contributed by atoms with E-state index in [1.54, 1.807) is 0 Å². The molecule has 0 nitrogen and oxygen atoms in total. The van der Waals surface area contributed by atoms with Crippen LogP contribution in [-0.4, -0.2) is 5.66 Å². The normalized spacial score (nSPS) is 50.7. The number of hydrogen-bond acceptors (Lipinski definition) is 0. The van der Waals surface area contributed by atoms with Gasteiger partial charge in [0, 0.05) is 0 Å². The summed E-state index contributed by atoms with van der Waals surface area (Å²) in [6.07, 6.45) is 2.75. The van der Waals surface area contributed by atoms with Crippen molar-refractivity contribution < 1.29 is 0 Å². The van der Waals surface area contributed by atoms with Crippen LogP contribution in [0.25, 0.3) is 0 Å². The second kappa shape index (κ2) is 2.23. The number of rotatable bonds is 1. The minimum Gasteiger partial charge on any atom is -0.134 e. The van der Waals surface area contributed by atoms with Crippen molar-refractivity contribution in [2.75, 3.05) is 0 Å². The minimum absolute atomic E-state index is 0.644. The predicted octanol–water partition coefficient (Wildman–Crippen LogP) is 2.69. The van der Waals surface area contributed by atoms with Crippen molar-refractivity contribution in [2.45, 2.75) is 39.3 Å². The molecule has 0 spiro atoms. The van der Waals surface area contributed by atoms with E-state index in [1.165, 1.54) is 12.8 Å². The lowest BCUT2D eigenvalue weighted by Crippen LogP contribution is -2.45. The van der Waals surface area contributed by atoms with Crippen molar-refractivity contribution >= 4 is 9.24 Å². The summed E-state index contributed by atoms with van der Waals surface area (Å²) in [5.74, 6) is 0.949. The van der Waals surface area contributed by atoms with Gasteiger partial charge in [-0.05, 0) is 29.8 Å². The van der Waals surface area contributed by atoms with Crippen molar-refractivity contribution in [3.63, 3.8) is 0 Å². The molecule has 1 rings (SSSR count). The van der Waals surface area contributed by atoms with Gasteiger partial charge in [-0.2, -0.15) is 0 Å². The third kappa shape index (κ3) is 0.923. The highest BCUT2D eigenvalue weighted by atomic mass is 31.0. The summed E-state index contributed by atoms with van der Waals surface area (Å²) in [4.78, 5) is 0. The molecule has 0 amide bonds.